The Morgan fingerprint density at radius 2 is 2.00 bits per heavy atom. The molecule has 0 aromatic heterocycles. The fraction of sp³-hybridized carbons (Fsp3) is 0.167. The van der Waals surface area contributed by atoms with E-state index in [1.807, 2.05) is 0 Å². The number of amides is 1. The fourth-order valence-corrected chi connectivity index (χ4v) is 0.979. The molecule has 0 bridgehead atoms. The second-order valence-corrected chi connectivity index (χ2v) is 2.98. The smallest absolute Gasteiger partial charge is 0.259 e. The standard InChI is InChI=1S/C12H13NO2/c1-4-9(2)12(14)13-10-5-7-11(15-3)8-6-10/h5-8H,1H2,2-3H3,(H,13,14). The second-order valence-electron chi connectivity index (χ2n) is 2.98. The van der Waals surface area contributed by atoms with Crippen LogP contribution in [0.2, 0.25) is 0 Å². The molecule has 0 fully saturated rings. The Balaban J connectivity index is 2.73. The summed E-state index contributed by atoms with van der Waals surface area (Å²) in [6.07, 6.45) is 0. The van der Waals surface area contributed by atoms with Gasteiger partial charge in [-0.15, -0.1) is 5.73 Å². The minimum absolute atomic E-state index is 0.199. The van der Waals surface area contributed by atoms with E-state index in [0.717, 1.165) is 11.4 Å². The third kappa shape index (κ3) is 3.01. The average molecular weight is 203 g/mol. The highest BCUT2D eigenvalue weighted by atomic mass is 16.5. The summed E-state index contributed by atoms with van der Waals surface area (Å²) in [7, 11) is 1.60. The van der Waals surface area contributed by atoms with E-state index in [4.69, 9.17) is 4.74 Å². The van der Waals surface area contributed by atoms with Gasteiger partial charge in [0, 0.05) is 5.69 Å². The highest BCUT2D eigenvalue weighted by molar-refractivity contribution is 6.03. The van der Waals surface area contributed by atoms with Crippen molar-refractivity contribution in [2.24, 2.45) is 0 Å². The van der Waals surface area contributed by atoms with Crippen molar-refractivity contribution in [2.75, 3.05) is 12.4 Å². The molecule has 3 nitrogen and oxygen atoms in total. The average Bonchev–Trinajstić information content (AvgIpc) is 2.29. The Hall–Kier alpha value is -1.99. The number of hydrogen-bond acceptors (Lipinski definition) is 2. The van der Waals surface area contributed by atoms with Crippen LogP contribution < -0.4 is 10.1 Å². The predicted molar refractivity (Wildman–Crippen MR) is 60.0 cm³/mol. The maximum Gasteiger partial charge on any atom is 0.259 e. The third-order valence-corrected chi connectivity index (χ3v) is 1.95. The number of ether oxygens (including phenoxy) is 1. The molecule has 0 saturated heterocycles. The topological polar surface area (TPSA) is 38.3 Å². The molecule has 1 aromatic carbocycles. The number of hydrogen-bond donors (Lipinski definition) is 1. The van der Waals surface area contributed by atoms with Crippen LogP contribution in [0.4, 0.5) is 5.69 Å². The SMILES string of the molecule is C=C=C(C)C(=O)Nc1ccc(OC)cc1. The molecule has 78 valence electrons. The van der Waals surface area contributed by atoms with Crippen molar-refractivity contribution in [3.8, 4) is 5.75 Å². The number of nitrogens with one attached hydrogen (secondary N) is 1. The molecule has 0 spiro atoms. The van der Waals surface area contributed by atoms with Crippen molar-refractivity contribution in [1.29, 1.82) is 0 Å². The number of benzene rings is 1. The van der Waals surface area contributed by atoms with Crippen LogP contribution in [0, 0.1) is 0 Å². The Labute approximate surface area is 89.1 Å². The summed E-state index contributed by atoms with van der Waals surface area (Å²) >= 11 is 0. The van der Waals surface area contributed by atoms with Crippen LogP contribution >= 0.6 is 0 Å². The molecular formula is C12H13NO2. The zero-order chi connectivity index (χ0) is 11.3. The van der Waals surface area contributed by atoms with Crippen LogP contribution in [-0.2, 0) is 4.79 Å². The Morgan fingerprint density at radius 3 is 2.47 bits per heavy atom. The van der Waals surface area contributed by atoms with Crippen LogP contribution in [0.3, 0.4) is 0 Å². The first-order chi connectivity index (χ1) is 7.17. The quantitative estimate of drug-likeness (QED) is 0.605. The second kappa shape index (κ2) is 5.03. The summed E-state index contributed by atoms with van der Waals surface area (Å²) in [6.45, 7) is 5.07. The molecule has 1 rings (SSSR count). The van der Waals surface area contributed by atoms with Gasteiger partial charge in [-0.3, -0.25) is 4.79 Å². The summed E-state index contributed by atoms with van der Waals surface area (Å²) in [5, 5.41) is 2.71. The summed E-state index contributed by atoms with van der Waals surface area (Å²) in [5.41, 5.74) is 3.72. The van der Waals surface area contributed by atoms with Crippen molar-refractivity contribution in [2.45, 2.75) is 6.92 Å². The maximum atomic E-state index is 11.4. The van der Waals surface area contributed by atoms with Gasteiger partial charge in [-0.1, -0.05) is 6.58 Å². The number of methoxy groups -OCH3 is 1. The van der Waals surface area contributed by atoms with E-state index < -0.39 is 0 Å². The van der Waals surface area contributed by atoms with Gasteiger partial charge >= 0.3 is 0 Å². The van der Waals surface area contributed by atoms with E-state index >= 15 is 0 Å². The van der Waals surface area contributed by atoms with Gasteiger partial charge in [-0.05, 0) is 31.2 Å². The van der Waals surface area contributed by atoms with Gasteiger partial charge < -0.3 is 10.1 Å². The minimum atomic E-state index is -0.199. The molecular weight excluding hydrogens is 190 g/mol. The lowest BCUT2D eigenvalue weighted by Gasteiger charge is -2.05. The lowest BCUT2D eigenvalue weighted by Crippen LogP contribution is -2.11. The fourth-order valence-electron chi connectivity index (χ4n) is 0.979. The van der Waals surface area contributed by atoms with E-state index in [9.17, 15) is 4.79 Å². The first-order valence-electron chi connectivity index (χ1n) is 4.49. The zero-order valence-electron chi connectivity index (χ0n) is 8.83. The van der Waals surface area contributed by atoms with E-state index in [-0.39, 0.29) is 5.91 Å². The minimum Gasteiger partial charge on any atom is -0.497 e. The Kier molecular flexibility index (Phi) is 3.72. The zero-order valence-corrected chi connectivity index (χ0v) is 8.83. The highest BCUT2D eigenvalue weighted by Gasteiger charge is 2.03. The largest absolute Gasteiger partial charge is 0.497 e. The first-order valence-corrected chi connectivity index (χ1v) is 4.49. The first kappa shape index (κ1) is 11.1. The molecule has 0 radical (unpaired) electrons. The molecule has 0 aliphatic carbocycles. The molecule has 1 aromatic rings. The van der Waals surface area contributed by atoms with Gasteiger partial charge in [-0.25, -0.2) is 0 Å². The molecule has 0 aliphatic heterocycles. The summed E-state index contributed by atoms with van der Waals surface area (Å²) in [5.74, 6) is 0.555. The molecule has 1 amide bonds. The van der Waals surface area contributed by atoms with Gasteiger partial charge in [-0.2, -0.15) is 0 Å². The van der Waals surface area contributed by atoms with Crippen molar-refractivity contribution < 1.29 is 9.53 Å². The molecule has 15 heavy (non-hydrogen) atoms. The van der Waals surface area contributed by atoms with E-state index in [1.54, 1.807) is 38.3 Å². The van der Waals surface area contributed by atoms with Crippen molar-refractivity contribution in [3.63, 3.8) is 0 Å². The maximum absolute atomic E-state index is 11.4. The number of carbonyl (C=O) groups is 1. The highest BCUT2D eigenvalue weighted by Crippen LogP contribution is 2.15. The molecule has 0 aliphatic rings. The molecule has 0 saturated carbocycles. The van der Waals surface area contributed by atoms with E-state index in [0.29, 0.717) is 5.57 Å². The summed E-state index contributed by atoms with van der Waals surface area (Å²) in [4.78, 5) is 11.4. The van der Waals surface area contributed by atoms with Gasteiger partial charge in [0.15, 0.2) is 0 Å². The number of rotatable bonds is 3. The van der Waals surface area contributed by atoms with Crippen molar-refractivity contribution in [1.82, 2.24) is 0 Å². The Morgan fingerprint density at radius 1 is 1.40 bits per heavy atom. The number of anilines is 1. The molecule has 1 N–H and O–H groups in total. The lowest BCUT2D eigenvalue weighted by atomic mass is 10.2. The molecule has 0 heterocycles. The molecule has 0 atom stereocenters. The normalized spacial score (nSPS) is 8.93. The van der Waals surface area contributed by atoms with Crippen LogP contribution in [-0.4, -0.2) is 13.0 Å². The van der Waals surface area contributed by atoms with E-state index in [1.165, 1.54) is 0 Å². The van der Waals surface area contributed by atoms with Gasteiger partial charge in [0.25, 0.3) is 5.91 Å². The van der Waals surface area contributed by atoms with Gasteiger partial charge in [0.2, 0.25) is 0 Å². The third-order valence-electron chi connectivity index (χ3n) is 1.95. The van der Waals surface area contributed by atoms with Crippen LogP contribution in [0.5, 0.6) is 5.75 Å². The van der Waals surface area contributed by atoms with E-state index in [2.05, 4.69) is 17.6 Å². The number of carbonyl (C=O) groups excluding carboxylic acids is 1. The molecule has 0 unspecified atom stereocenters. The Bertz CT molecular complexity index is 400. The van der Waals surface area contributed by atoms with Crippen LogP contribution in [0.25, 0.3) is 0 Å². The monoisotopic (exact) mass is 203 g/mol. The van der Waals surface area contributed by atoms with Crippen LogP contribution in [0.15, 0.2) is 42.1 Å². The lowest BCUT2D eigenvalue weighted by molar-refractivity contribution is -0.112. The van der Waals surface area contributed by atoms with Gasteiger partial charge in [0.05, 0.1) is 12.7 Å². The predicted octanol–water partition coefficient (Wildman–Crippen LogP) is 2.36. The van der Waals surface area contributed by atoms with Gasteiger partial charge in [0.1, 0.15) is 5.75 Å². The summed E-state index contributed by atoms with van der Waals surface area (Å²) in [6, 6.07) is 7.10. The van der Waals surface area contributed by atoms with Crippen molar-refractivity contribution in [3.05, 3.63) is 42.1 Å². The van der Waals surface area contributed by atoms with Crippen LogP contribution in [0.1, 0.15) is 6.92 Å². The van der Waals surface area contributed by atoms with Crippen molar-refractivity contribution >= 4 is 11.6 Å². The molecule has 3 heteroatoms. The summed E-state index contributed by atoms with van der Waals surface area (Å²) < 4.78 is 5.00.